The molecule has 0 aromatic rings. The number of hydrogen-bond acceptors (Lipinski definition) is 4. The average molecular weight is 824 g/mol. The Morgan fingerprint density at radius 1 is 0.456 bits per heavy atom. The molecule has 0 rings (SSSR count). The number of rotatable bonds is 46. The number of hydrogen-bond donors (Lipinski definition) is 3. The van der Waals surface area contributed by atoms with Crippen molar-refractivity contribution in [1.29, 1.82) is 0 Å². The lowest BCUT2D eigenvalue weighted by Gasteiger charge is -2.21. The third kappa shape index (κ3) is 45.7. The second kappa shape index (κ2) is 44.4. The van der Waals surface area contributed by atoms with Crippen LogP contribution in [0.4, 0.5) is 0 Å². The first-order valence-corrected chi connectivity index (χ1v) is 26.6. The number of aliphatic hydroxyl groups is 1. The SMILES string of the molecule is CCCCCCCCCCCCCCCC/C=C/CC/C=C/C(O)C(CS(=O)(=O)O)NC(=O)CCCCCCCCCCCCCCCCCCCCCCCC. The van der Waals surface area contributed by atoms with E-state index in [2.05, 4.69) is 31.3 Å². The van der Waals surface area contributed by atoms with Crippen LogP contribution in [-0.4, -0.2) is 41.9 Å². The summed E-state index contributed by atoms with van der Waals surface area (Å²) in [6.07, 6.45) is 57.6. The number of allylic oxidation sites excluding steroid dienone is 3. The highest BCUT2D eigenvalue weighted by atomic mass is 32.2. The Hall–Kier alpha value is -1.18. The first-order chi connectivity index (χ1) is 27.8. The smallest absolute Gasteiger partial charge is 0.267 e. The minimum atomic E-state index is -4.35. The van der Waals surface area contributed by atoms with Gasteiger partial charge in [-0.3, -0.25) is 9.35 Å². The number of amides is 1. The summed E-state index contributed by atoms with van der Waals surface area (Å²) in [5.41, 5.74) is 0. The summed E-state index contributed by atoms with van der Waals surface area (Å²) < 4.78 is 32.6. The standard InChI is InChI=1S/C50H97NO5S/c1-3-5-7-9-11-13-15-17-19-21-23-25-26-28-30-32-34-36-38-40-42-44-46-50(53)51-48(47-57(54,55)56)49(52)45-43-41-39-37-35-33-31-29-27-24-22-20-18-16-14-12-10-8-6-4-2/h35,37,43,45,48-49,52H,3-34,36,38-42,44,46-47H2,1-2H3,(H,51,53)(H,54,55,56)/b37-35+,45-43+. The molecule has 57 heavy (non-hydrogen) atoms. The molecule has 0 radical (unpaired) electrons. The molecule has 7 heteroatoms. The van der Waals surface area contributed by atoms with Crippen LogP contribution in [0.15, 0.2) is 24.3 Å². The van der Waals surface area contributed by atoms with Gasteiger partial charge in [0.05, 0.1) is 17.9 Å². The number of nitrogens with one attached hydrogen (secondary N) is 1. The van der Waals surface area contributed by atoms with Gasteiger partial charge in [-0.05, 0) is 32.1 Å². The van der Waals surface area contributed by atoms with Crippen LogP contribution < -0.4 is 5.32 Å². The van der Waals surface area contributed by atoms with Crippen molar-refractivity contribution in [2.45, 2.75) is 283 Å². The Morgan fingerprint density at radius 2 is 0.754 bits per heavy atom. The first-order valence-electron chi connectivity index (χ1n) is 25.0. The van der Waals surface area contributed by atoms with Gasteiger partial charge in [-0.25, -0.2) is 0 Å². The van der Waals surface area contributed by atoms with E-state index in [9.17, 15) is 22.9 Å². The van der Waals surface area contributed by atoms with Crippen molar-refractivity contribution in [2.75, 3.05) is 5.75 Å². The van der Waals surface area contributed by atoms with Gasteiger partial charge in [0.2, 0.25) is 5.91 Å². The quantitative estimate of drug-likeness (QED) is 0.0322. The molecule has 0 saturated heterocycles. The van der Waals surface area contributed by atoms with Crippen molar-refractivity contribution in [3.63, 3.8) is 0 Å². The molecule has 2 unspecified atom stereocenters. The molecule has 0 aliphatic heterocycles. The molecule has 0 aliphatic rings. The maximum absolute atomic E-state index is 12.6. The average Bonchev–Trinajstić information content (AvgIpc) is 3.18. The molecule has 0 aromatic heterocycles. The third-order valence-electron chi connectivity index (χ3n) is 11.6. The van der Waals surface area contributed by atoms with Crippen molar-refractivity contribution in [3.05, 3.63) is 24.3 Å². The second-order valence-electron chi connectivity index (χ2n) is 17.4. The van der Waals surface area contributed by atoms with E-state index >= 15 is 0 Å². The largest absolute Gasteiger partial charge is 0.387 e. The molecule has 6 nitrogen and oxygen atoms in total. The van der Waals surface area contributed by atoms with Crippen LogP contribution >= 0.6 is 0 Å². The van der Waals surface area contributed by atoms with Gasteiger partial charge in [0, 0.05) is 6.42 Å². The molecule has 0 heterocycles. The van der Waals surface area contributed by atoms with E-state index in [1.165, 1.54) is 218 Å². The Bertz CT molecular complexity index is 997. The molecule has 1 amide bonds. The lowest BCUT2D eigenvalue weighted by molar-refractivity contribution is -0.122. The predicted molar refractivity (Wildman–Crippen MR) is 249 cm³/mol. The molecule has 338 valence electrons. The van der Waals surface area contributed by atoms with E-state index in [1.54, 1.807) is 0 Å². The zero-order chi connectivity index (χ0) is 41.8. The van der Waals surface area contributed by atoms with Gasteiger partial charge in [-0.2, -0.15) is 8.42 Å². The summed E-state index contributed by atoms with van der Waals surface area (Å²) in [5, 5.41) is 13.3. The van der Waals surface area contributed by atoms with Gasteiger partial charge in [0.25, 0.3) is 10.1 Å². The number of unbranched alkanes of at least 4 members (excludes halogenated alkanes) is 36. The maximum Gasteiger partial charge on any atom is 0.267 e. The minimum absolute atomic E-state index is 0.282. The van der Waals surface area contributed by atoms with E-state index in [4.69, 9.17) is 0 Å². The van der Waals surface area contributed by atoms with Gasteiger partial charge in [0.1, 0.15) is 0 Å². The molecule has 0 spiro atoms. The fourth-order valence-corrected chi connectivity index (χ4v) is 8.61. The molecular formula is C50H97NO5S. The van der Waals surface area contributed by atoms with Crippen LogP contribution in [-0.2, 0) is 14.9 Å². The van der Waals surface area contributed by atoms with Crippen LogP contribution in [0.5, 0.6) is 0 Å². The molecule has 3 N–H and O–H groups in total. The molecule has 2 atom stereocenters. The van der Waals surface area contributed by atoms with Crippen LogP contribution in [0.25, 0.3) is 0 Å². The molecule has 0 saturated carbocycles. The highest BCUT2D eigenvalue weighted by molar-refractivity contribution is 7.85. The van der Waals surface area contributed by atoms with Crippen molar-refractivity contribution in [1.82, 2.24) is 5.32 Å². The summed E-state index contributed by atoms with van der Waals surface area (Å²) in [5.74, 6) is -0.987. The van der Waals surface area contributed by atoms with Crippen molar-refractivity contribution >= 4 is 16.0 Å². The summed E-state index contributed by atoms with van der Waals surface area (Å²) in [7, 11) is -4.35. The molecule has 0 aromatic carbocycles. The van der Waals surface area contributed by atoms with Crippen LogP contribution in [0.2, 0.25) is 0 Å². The normalized spacial score (nSPS) is 13.3. The Labute approximate surface area is 355 Å². The number of carbonyl (C=O) groups is 1. The van der Waals surface area contributed by atoms with Gasteiger partial charge >= 0.3 is 0 Å². The Balaban J connectivity index is 3.81. The fourth-order valence-electron chi connectivity index (χ4n) is 7.88. The highest BCUT2D eigenvalue weighted by Crippen LogP contribution is 2.17. The summed E-state index contributed by atoms with van der Waals surface area (Å²) >= 11 is 0. The number of carbonyl (C=O) groups excluding carboxylic acids is 1. The Morgan fingerprint density at radius 3 is 1.11 bits per heavy atom. The zero-order valence-electron chi connectivity index (χ0n) is 38.0. The first kappa shape index (κ1) is 55.8. The lowest BCUT2D eigenvalue weighted by Crippen LogP contribution is -2.46. The lowest BCUT2D eigenvalue weighted by atomic mass is 10.0. The van der Waals surface area contributed by atoms with E-state index < -0.39 is 28.0 Å². The van der Waals surface area contributed by atoms with Gasteiger partial charge in [0.15, 0.2) is 0 Å². The van der Waals surface area contributed by atoms with Gasteiger partial charge in [-0.15, -0.1) is 0 Å². The molecular weight excluding hydrogens is 727 g/mol. The topological polar surface area (TPSA) is 104 Å². The van der Waals surface area contributed by atoms with Crippen LogP contribution in [0.3, 0.4) is 0 Å². The fraction of sp³-hybridized carbons (Fsp3) is 0.900. The number of aliphatic hydroxyl groups excluding tert-OH is 1. The van der Waals surface area contributed by atoms with Crippen LogP contribution in [0, 0.1) is 0 Å². The summed E-state index contributed by atoms with van der Waals surface area (Å²) in [4.78, 5) is 12.6. The predicted octanol–water partition coefficient (Wildman–Crippen LogP) is 15.5. The highest BCUT2D eigenvalue weighted by Gasteiger charge is 2.24. The summed E-state index contributed by atoms with van der Waals surface area (Å²) in [6.45, 7) is 4.56. The van der Waals surface area contributed by atoms with Crippen LogP contribution in [0.1, 0.15) is 271 Å². The second-order valence-corrected chi connectivity index (χ2v) is 18.9. The van der Waals surface area contributed by atoms with E-state index in [-0.39, 0.29) is 5.91 Å². The van der Waals surface area contributed by atoms with Gasteiger partial charge < -0.3 is 10.4 Å². The van der Waals surface area contributed by atoms with Crippen molar-refractivity contribution in [2.24, 2.45) is 0 Å². The van der Waals surface area contributed by atoms with E-state index in [0.717, 1.165) is 38.5 Å². The Kier molecular flexibility index (Phi) is 43.5. The van der Waals surface area contributed by atoms with E-state index in [0.29, 0.717) is 6.42 Å². The molecule has 0 aliphatic carbocycles. The molecule has 0 bridgehead atoms. The van der Waals surface area contributed by atoms with E-state index in [1.807, 2.05) is 6.08 Å². The summed E-state index contributed by atoms with van der Waals surface area (Å²) in [6, 6.07) is -1.07. The minimum Gasteiger partial charge on any atom is -0.387 e. The van der Waals surface area contributed by atoms with Crippen molar-refractivity contribution < 1.29 is 22.9 Å². The third-order valence-corrected chi connectivity index (χ3v) is 12.4. The van der Waals surface area contributed by atoms with Crippen molar-refractivity contribution in [3.8, 4) is 0 Å². The monoisotopic (exact) mass is 824 g/mol. The maximum atomic E-state index is 12.6. The molecule has 0 fully saturated rings. The zero-order valence-corrected chi connectivity index (χ0v) is 38.8. The van der Waals surface area contributed by atoms with Gasteiger partial charge in [-0.1, -0.05) is 256 Å².